The standard InChI is InChI=1S/C20H17NO5/c22-18-16-11-6-7-12(9-11)17(16)19(23)21(18)13-3-1-4-14(10-13)26-20(24)15-5-2-8-25-15/h1-5,8,10-12,16-17H,6-7,9H2/t11-,12+,16-,17+. The highest BCUT2D eigenvalue weighted by molar-refractivity contribution is 6.22. The van der Waals surface area contributed by atoms with E-state index in [1.165, 1.54) is 17.2 Å². The van der Waals surface area contributed by atoms with Crippen molar-refractivity contribution in [1.82, 2.24) is 0 Å². The number of ether oxygens (including phenoxy) is 1. The number of rotatable bonds is 3. The van der Waals surface area contributed by atoms with E-state index >= 15 is 0 Å². The molecule has 1 aromatic carbocycles. The second-order valence-corrected chi connectivity index (χ2v) is 7.26. The SMILES string of the molecule is O=C(Oc1cccc(N2C(=O)[C@@H]3[C@@H]4CC[C@@H](C4)[C@@H]3C2=O)c1)c1ccco1. The first-order valence-corrected chi connectivity index (χ1v) is 8.87. The largest absolute Gasteiger partial charge is 0.457 e. The molecule has 132 valence electrons. The van der Waals surface area contributed by atoms with Gasteiger partial charge in [0.05, 0.1) is 23.8 Å². The minimum atomic E-state index is -0.624. The zero-order chi connectivity index (χ0) is 17.8. The van der Waals surface area contributed by atoms with Gasteiger partial charge in [0.25, 0.3) is 0 Å². The Kier molecular flexibility index (Phi) is 3.29. The maximum atomic E-state index is 12.9. The Labute approximate surface area is 149 Å². The van der Waals surface area contributed by atoms with Gasteiger partial charge in [-0.25, -0.2) is 9.69 Å². The number of nitrogens with zero attached hydrogens (tertiary/aromatic N) is 1. The number of hydrogen-bond donors (Lipinski definition) is 0. The average molecular weight is 351 g/mol. The van der Waals surface area contributed by atoms with Gasteiger partial charge in [-0.2, -0.15) is 0 Å². The third-order valence-electron chi connectivity index (χ3n) is 5.94. The molecule has 2 bridgehead atoms. The number of carbonyl (C=O) groups is 3. The number of imide groups is 1. The molecular formula is C20H17NO5. The number of esters is 1. The van der Waals surface area contributed by atoms with E-state index < -0.39 is 5.97 Å². The van der Waals surface area contributed by atoms with Crippen LogP contribution in [0.25, 0.3) is 0 Å². The summed E-state index contributed by atoms with van der Waals surface area (Å²) in [5.41, 5.74) is 0.457. The van der Waals surface area contributed by atoms with Gasteiger partial charge in [0.1, 0.15) is 5.75 Å². The van der Waals surface area contributed by atoms with E-state index in [9.17, 15) is 14.4 Å². The van der Waals surface area contributed by atoms with Crippen LogP contribution in [0.2, 0.25) is 0 Å². The molecule has 4 atom stereocenters. The second kappa shape index (κ2) is 5.56. The number of benzene rings is 1. The third kappa shape index (κ3) is 2.14. The maximum Gasteiger partial charge on any atom is 0.379 e. The van der Waals surface area contributed by atoms with Crippen LogP contribution in [0.5, 0.6) is 5.75 Å². The number of amides is 2. The van der Waals surface area contributed by atoms with Gasteiger partial charge in [0, 0.05) is 6.07 Å². The van der Waals surface area contributed by atoms with Gasteiger partial charge in [-0.3, -0.25) is 9.59 Å². The molecule has 2 aromatic rings. The summed E-state index contributed by atoms with van der Waals surface area (Å²) in [6, 6.07) is 9.64. The van der Waals surface area contributed by atoms with Crippen molar-refractivity contribution in [1.29, 1.82) is 0 Å². The van der Waals surface area contributed by atoms with Crippen molar-refractivity contribution in [2.24, 2.45) is 23.7 Å². The van der Waals surface area contributed by atoms with Gasteiger partial charge in [-0.15, -0.1) is 0 Å². The number of fused-ring (bicyclic) bond motifs is 5. The molecule has 26 heavy (non-hydrogen) atoms. The monoisotopic (exact) mass is 351 g/mol. The van der Waals surface area contributed by atoms with Crippen molar-refractivity contribution in [2.45, 2.75) is 19.3 Å². The summed E-state index contributed by atoms with van der Waals surface area (Å²) in [6.45, 7) is 0. The average Bonchev–Trinajstić information content (AvgIpc) is 3.39. The van der Waals surface area contributed by atoms with Crippen LogP contribution < -0.4 is 9.64 Å². The molecule has 0 N–H and O–H groups in total. The summed E-state index contributed by atoms with van der Waals surface area (Å²) < 4.78 is 10.3. The lowest BCUT2D eigenvalue weighted by Crippen LogP contribution is -2.32. The minimum Gasteiger partial charge on any atom is -0.457 e. The molecule has 2 saturated carbocycles. The van der Waals surface area contributed by atoms with Crippen LogP contribution in [-0.2, 0) is 9.59 Å². The van der Waals surface area contributed by atoms with Gasteiger partial charge in [0.2, 0.25) is 17.6 Å². The Morgan fingerprint density at radius 1 is 1.04 bits per heavy atom. The molecule has 0 spiro atoms. The fraction of sp³-hybridized carbons (Fsp3) is 0.350. The fourth-order valence-corrected chi connectivity index (χ4v) is 4.90. The van der Waals surface area contributed by atoms with Gasteiger partial charge in [0.15, 0.2) is 0 Å². The lowest BCUT2D eigenvalue weighted by molar-refractivity contribution is -0.123. The molecule has 3 aliphatic rings. The van der Waals surface area contributed by atoms with E-state index in [1.807, 2.05) is 0 Å². The van der Waals surface area contributed by atoms with Crippen LogP contribution in [0, 0.1) is 23.7 Å². The normalized spacial score (nSPS) is 29.3. The van der Waals surface area contributed by atoms with Crippen LogP contribution in [0.1, 0.15) is 29.8 Å². The number of anilines is 1. The van der Waals surface area contributed by atoms with Crippen molar-refractivity contribution in [3.63, 3.8) is 0 Å². The molecule has 5 rings (SSSR count). The Balaban J connectivity index is 1.42. The summed E-state index contributed by atoms with van der Waals surface area (Å²) in [5.74, 6) is -0.145. The van der Waals surface area contributed by atoms with Gasteiger partial charge in [-0.05, 0) is 55.4 Å². The molecule has 2 amide bonds. The van der Waals surface area contributed by atoms with Gasteiger partial charge in [-0.1, -0.05) is 6.07 Å². The van der Waals surface area contributed by atoms with Crippen LogP contribution in [0.15, 0.2) is 47.1 Å². The van der Waals surface area contributed by atoms with Crippen LogP contribution in [0.3, 0.4) is 0 Å². The first-order valence-electron chi connectivity index (χ1n) is 8.87. The predicted octanol–water partition coefficient (Wildman–Crippen LogP) is 3.03. The number of carbonyl (C=O) groups excluding carboxylic acids is 3. The molecule has 3 fully saturated rings. The smallest absolute Gasteiger partial charge is 0.379 e. The third-order valence-corrected chi connectivity index (χ3v) is 5.94. The zero-order valence-electron chi connectivity index (χ0n) is 14.0. The summed E-state index contributed by atoms with van der Waals surface area (Å²) in [4.78, 5) is 39.1. The van der Waals surface area contributed by atoms with Crippen LogP contribution >= 0.6 is 0 Å². The van der Waals surface area contributed by atoms with E-state index in [2.05, 4.69) is 0 Å². The molecule has 1 aliphatic heterocycles. The van der Waals surface area contributed by atoms with E-state index in [-0.39, 0.29) is 35.2 Å². The molecule has 0 radical (unpaired) electrons. The summed E-state index contributed by atoms with van der Waals surface area (Å²) in [7, 11) is 0. The predicted molar refractivity (Wildman–Crippen MR) is 90.4 cm³/mol. The lowest BCUT2D eigenvalue weighted by atomic mass is 9.81. The molecule has 2 aliphatic carbocycles. The van der Waals surface area contributed by atoms with Crippen molar-refractivity contribution in [3.8, 4) is 5.75 Å². The Morgan fingerprint density at radius 2 is 1.77 bits per heavy atom. The fourth-order valence-electron chi connectivity index (χ4n) is 4.90. The molecule has 0 unspecified atom stereocenters. The van der Waals surface area contributed by atoms with Crippen molar-refractivity contribution in [2.75, 3.05) is 4.90 Å². The molecule has 2 heterocycles. The molecular weight excluding hydrogens is 334 g/mol. The van der Waals surface area contributed by atoms with Crippen molar-refractivity contribution in [3.05, 3.63) is 48.4 Å². The number of furan rings is 1. The summed E-state index contributed by atoms with van der Waals surface area (Å²) in [6.07, 6.45) is 4.47. The van der Waals surface area contributed by atoms with Gasteiger partial charge < -0.3 is 9.15 Å². The van der Waals surface area contributed by atoms with Crippen molar-refractivity contribution >= 4 is 23.5 Å². The Bertz CT molecular complexity index is 875. The zero-order valence-corrected chi connectivity index (χ0v) is 14.0. The minimum absolute atomic E-state index is 0.0924. The van der Waals surface area contributed by atoms with E-state index in [0.29, 0.717) is 17.5 Å². The molecule has 6 nitrogen and oxygen atoms in total. The second-order valence-electron chi connectivity index (χ2n) is 7.26. The van der Waals surface area contributed by atoms with Crippen LogP contribution in [-0.4, -0.2) is 17.8 Å². The molecule has 1 saturated heterocycles. The quantitative estimate of drug-likeness (QED) is 0.483. The molecule has 6 heteroatoms. The lowest BCUT2D eigenvalue weighted by Gasteiger charge is -2.19. The highest BCUT2D eigenvalue weighted by atomic mass is 16.5. The highest BCUT2D eigenvalue weighted by Gasteiger charge is 2.61. The first-order chi connectivity index (χ1) is 12.6. The highest BCUT2D eigenvalue weighted by Crippen LogP contribution is 2.56. The summed E-state index contributed by atoms with van der Waals surface area (Å²) >= 11 is 0. The Hall–Kier alpha value is -2.89. The van der Waals surface area contributed by atoms with E-state index in [0.717, 1.165) is 19.3 Å². The van der Waals surface area contributed by atoms with E-state index in [1.54, 1.807) is 30.3 Å². The van der Waals surface area contributed by atoms with Crippen LogP contribution in [0.4, 0.5) is 5.69 Å². The number of hydrogen-bond acceptors (Lipinski definition) is 5. The van der Waals surface area contributed by atoms with Gasteiger partial charge >= 0.3 is 5.97 Å². The van der Waals surface area contributed by atoms with Crippen molar-refractivity contribution < 1.29 is 23.5 Å². The molecule has 1 aromatic heterocycles. The van der Waals surface area contributed by atoms with E-state index in [4.69, 9.17) is 9.15 Å². The maximum absolute atomic E-state index is 12.9. The summed E-state index contributed by atoms with van der Waals surface area (Å²) in [5, 5.41) is 0. The first kappa shape index (κ1) is 15.4. The Morgan fingerprint density at radius 3 is 2.42 bits per heavy atom. The topological polar surface area (TPSA) is 76.8 Å².